The third-order valence-electron chi connectivity index (χ3n) is 7.05. The van der Waals surface area contributed by atoms with E-state index in [0.717, 1.165) is 32.5 Å². The van der Waals surface area contributed by atoms with Crippen molar-refractivity contribution in [2.75, 3.05) is 33.2 Å². The Labute approximate surface area is 205 Å². The molecule has 0 amide bonds. The van der Waals surface area contributed by atoms with E-state index in [1.165, 1.54) is 28.3 Å². The number of rotatable bonds is 10. The molecule has 5 heteroatoms. The van der Waals surface area contributed by atoms with Crippen molar-refractivity contribution in [1.29, 1.82) is 0 Å². The summed E-state index contributed by atoms with van der Waals surface area (Å²) in [4.78, 5) is 2.92. The molecule has 3 aromatic carbocycles. The molecular formula is C29H36N2O2S. The van der Waals surface area contributed by atoms with Crippen molar-refractivity contribution in [3.05, 3.63) is 102 Å². The minimum atomic E-state index is -3.49. The molecule has 0 aliphatic carbocycles. The Morgan fingerprint density at radius 2 is 1.41 bits per heavy atom. The monoisotopic (exact) mass is 476 g/mol. The molecule has 180 valence electrons. The largest absolute Gasteiger partial charge is 0.303 e. The maximum Gasteiger partial charge on any atom is 0.242 e. The normalized spacial score (nSPS) is 16.5. The minimum absolute atomic E-state index is 0.262. The summed E-state index contributed by atoms with van der Waals surface area (Å²) in [5.41, 5.74) is 2.72. The van der Waals surface area contributed by atoms with Crippen LogP contribution in [0.4, 0.5) is 0 Å². The van der Waals surface area contributed by atoms with Gasteiger partial charge in [-0.3, -0.25) is 0 Å². The number of hydrogen-bond acceptors (Lipinski definition) is 3. The SMILES string of the molecule is CN(C[C@@H](CCN1CCC(c2ccccc2)CC1)Cc1ccccc1)S(=O)(=O)c1ccccc1. The maximum atomic E-state index is 13.1. The van der Waals surface area contributed by atoms with Gasteiger partial charge >= 0.3 is 0 Å². The molecular weight excluding hydrogens is 440 g/mol. The molecule has 0 spiro atoms. The Morgan fingerprint density at radius 3 is 2.03 bits per heavy atom. The van der Waals surface area contributed by atoms with E-state index in [4.69, 9.17) is 0 Å². The zero-order valence-electron chi connectivity index (χ0n) is 20.1. The number of hydrogen-bond donors (Lipinski definition) is 0. The summed E-state index contributed by atoms with van der Waals surface area (Å²) < 4.78 is 27.8. The Balaban J connectivity index is 1.37. The van der Waals surface area contributed by atoms with Gasteiger partial charge in [-0.1, -0.05) is 78.9 Å². The standard InChI is InChI=1S/C29H36N2O2S/c1-30(34(32,33)29-15-9-4-10-16-29)24-26(23-25-11-5-2-6-12-25)17-20-31-21-18-28(19-22-31)27-13-7-3-8-14-27/h2-16,26,28H,17-24H2,1H3/t26-/m0/s1. The zero-order valence-corrected chi connectivity index (χ0v) is 20.9. The molecule has 3 aromatic rings. The van der Waals surface area contributed by atoms with Crippen LogP contribution in [0.15, 0.2) is 95.9 Å². The van der Waals surface area contributed by atoms with Crippen LogP contribution in [-0.2, 0) is 16.4 Å². The highest BCUT2D eigenvalue weighted by Crippen LogP contribution is 2.28. The molecule has 4 rings (SSSR count). The molecule has 34 heavy (non-hydrogen) atoms. The molecule has 0 saturated carbocycles. The van der Waals surface area contributed by atoms with Crippen molar-refractivity contribution in [2.24, 2.45) is 5.92 Å². The van der Waals surface area contributed by atoms with E-state index in [1.54, 1.807) is 31.3 Å². The van der Waals surface area contributed by atoms with Gasteiger partial charge in [-0.05, 0) is 80.4 Å². The van der Waals surface area contributed by atoms with E-state index >= 15 is 0 Å². The summed E-state index contributed by atoms with van der Waals surface area (Å²) in [5, 5.41) is 0. The third-order valence-corrected chi connectivity index (χ3v) is 8.88. The first kappa shape index (κ1) is 24.6. The minimum Gasteiger partial charge on any atom is -0.303 e. The second kappa shape index (κ2) is 11.8. The van der Waals surface area contributed by atoms with Crippen LogP contribution in [0, 0.1) is 5.92 Å². The molecule has 1 saturated heterocycles. The van der Waals surface area contributed by atoms with Crippen molar-refractivity contribution < 1.29 is 8.42 Å². The topological polar surface area (TPSA) is 40.6 Å². The van der Waals surface area contributed by atoms with E-state index in [9.17, 15) is 8.42 Å². The highest BCUT2D eigenvalue weighted by molar-refractivity contribution is 7.89. The number of nitrogens with zero attached hydrogens (tertiary/aromatic N) is 2. The van der Waals surface area contributed by atoms with Gasteiger partial charge in [0.2, 0.25) is 10.0 Å². The summed E-state index contributed by atoms with van der Waals surface area (Å²) >= 11 is 0. The van der Waals surface area contributed by atoms with Crippen LogP contribution in [0.3, 0.4) is 0 Å². The lowest BCUT2D eigenvalue weighted by Gasteiger charge is -2.33. The molecule has 1 aliphatic heterocycles. The lowest BCUT2D eigenvalue weighted by molar-refractivity contribution is 0.194. The number of piperidine rings is 1. The maximum absolute atomic E-state index is 13.1. The average molecular weight is 477 g/mol. The molecule has 0 unspecified atom stereocenters. The van der Waals surface area contributed by atoms with Crippen molar-refractivity contribution in [3.8, 4) is 0 Å². The highest BCUT2D eigenvalue weighted by atomic mass is 32.2. The van der Waals surface area contributed by atoms with Crippen molar-refractivity contribution in [3.63, 3.8) is 0 Å². The third kappa shape index (κ3) is 6.56. The van der Waals surface area contributed by atoms with Gasteiger partial charge in [0.15, 0.2) is 0 Å². The molecule has 1 atom stereocenters. The average Bonchev–Trinajstić information content (AvgIpc) is 2.89. The summed E-state index contributed by atoms with van der Waals surface area (Å²) in [7, 11) is -1.77. The fraction of sp³-hybridized carbons (Fsp3) is 0.379. The Bertz CT molecular complexity index is 1100. The highest BCUT2D eigenvalue weighted by Gasteiger charge is 2.25. The lowest BCUT2D eigenvalue weighted by Crippen LogP contribution is -2.37. The van der Waals surface area contributed by atoms with Gasteiger partial charge in [-0.15, -0.1) is 0 Å². The van der Waals surface area contributed by atoms with Crippen LogP contribution in [0.5, 0.6) is 0 Å². The molecule has 0 bridgehead atoms. The fourth-order valence-corrected chi connectivity index (χ4v) is 6.29. The van der Waals surface area contributed by atoms with E-state index in [-0.39, 0.29) is 5.92 Å². The Hall–Kier alpha value is -2.47. The van der Waals surface area contributed by atoms with Crippen molar-refractivity contribution in [2.45, 2.75) is 36.5 Å². The first-order valence-corrected chi connectivity index (χ1v) is 13.8. The predicted molar refractivity (Wildman–Crippen MR) is 139 cm³/mol. The number of sulfonamides is 1. The van der Waals surface area contributed by atoms with Gasteiger partial charge in [-0.2, -0.15) is 0 Å². The second-order valence-electron chi connectivity index (χ2n) is 9.47. The molecule has 0 radical (unpaired) electrons. The van der Waals surface area contributed by atoms with Gasteiger partial charge in [-0.25, -0.2) is 12.7 Å². The van der Waals surface area contributed by atoms with Crippen LogP contribution in [0.1, 0.15) is 36.3 Å². The van der Waals surface area contributed by atoms with Crippen LogP contribution in [0.2, 0.25) is 0 Å². The predicted octanol–water partition coefficient (Wildman–Crippen LogP) is 5.44. The first-order chi connectivity index (χ1) is 16.5. The van der Waals surface area contributed by atoms with Crippen molar-refractivity contribution >= 4 is 10.0 Å². The summed E-state index contributed by atoms with van der Waals surface area (Å²) in [5.74, 6) is 0.914. The van der Waals surface area contributed by atoms with Gasteiger partial charge in [0, 0.05) is 13.6 Å². The summed E-state index contributed by atoms with van der Waals surface area (Å²) in [6.45, 7) is 3.75. The van der Waals surface area contributed by atoms with Crippen molar-refractivity contribution in [1.82, 2.24) is 9.21 Å². The number of benzene rings is 3. The van der Waals surface area contributed by atoms with Crippen LogP contribution in [0.25, 0.3) is 0 Å². The van der Waals surface area contributed by atoms with E-state index < -0.39 is 10.0 Å². The summed E-state index contributed by atoms with van der Waals surface area (Å²) in [6.07, 6.45) is 4.25. The molecule has 4 nitrogen and oxygen atoms in total. The lowest BCUT2D eigenvalue weighted by atomic mass is 9.89. The molecule has 0 N–H and O–H groups in total. The van der Waals surface area contributed by atoms with Gasteiger partial charge in [0.05, 0.1) is 4.90 Å². The molecule has 0 aromatic heterocycles. The quantitative estimate of drug-likeness (QED) is 0.391. The van der Waals surface area contributed by atoms with E-state index in [0.29, 0.717) is 17.4 Å². The second-order valence-corrected chi connectivity index (χ2v) is 11.5. The Kier molecular flexibility index (Phi) is 8.54. The summed E-state index contributed by atoms with van der Waals surface area (Å²) in [6, 6.07) is 30.0. The molecule has 1 aliphatic rings. The molecule has 1 heterocycles. The number of likely N-dealkylation sites (tertiary alicyclic amines) is 1. The van der Waals surface area contributed by atoms with Crippen LogP contribution in [-0.4, -0.2) is 50.8 Å². The fourth-order valence-electron chi connectivity index (χ4n) is 5.02. The van der Waals surface area contributed by atoms with Gasteiger partial charge in [0.25, 0.3) is 0 Å². The Morgan fingerprint density at radius 1 is 0.853 bits per heavy atom. The van der Waals surface area contributed by atoms with Crippen LogP contribution < -0.4 is 0 Å². The van der Waals surface area contributed by atoms with Gasteiger partial charge < -0.3 is 4.90 Å². The van der Waals surface area contributed by atoms with Crippen LogP contribution >= 0.6 is 0 Å². The molecule has 1 fully saturated rings. The van der Waals surface area contributed by atoms with E-state index in [2.05, 4.69) is 59.5 Å². The first-order valence-electron chi connectivity index (χ1n) is 12.3. The van der Waals surface area contributed by atoms with E-state index in [1.807, 2.05) is 12.1 Å². The van der Waals surface area contributed by atoms with Gasteiger partial charge in [0.1, 0.15) is 0 Å². The zero-order chi connectivity index (χ0) is 23.8. The smallest absolute Gasteiger partial charge is 0.242 e.